The molecule has 0 aromatic heterocycles. The minimum absolute atomic E-state index is 0.390. The summed E-state index contributed by atoms with van der Waals surface area (Å²) in [4.78, 5) is 27.3. The maximum absolute atomic E-state index is 13.7. The van der Waals surface area contributed by atoms with Crippen molar-refractivity contribution in [2.45, 2.75) is 65.2 Å². The molecule has 46 heavy (non-hydrogen) atoms. The van der Waals surface area contributed by atoms with E-state index in [0.717, 1.165) is 36.8 Å². The Morgan fingerprint density at radius 3 is 1.26 bits per heavy atom. The van der Waals surface area contributed by atoms with Crippen LogP contribution in [0.1, 0.15) is 93.6 Å². The number of fused-ring (bicyclic) bond motifs is 3. The molecule has 0 heterocycles. The molecule has 1 aliphatic rings. The maximum atomic E-state index is 13.7. The van der Waals surface area contributed by atoms with E-state index in [2.05, 4.69) is 98.8 Å². The number of esters is 2. The fourth-order valence-electron chi connectivity index (χ4n) is 7.47. The molecule has 234 valence electrons. The number of carbonyl (C=O) groups excluding carboxylic acids is 2. The molecule has 5 aromatic rings. The molecule has 0 saturated carbocycles. The molecular weight excluding hydrogens is 568 g/mol. The predicted octanol–water partition coefficient (Wildman–Crippen LogP) is 9.93. The number of hydrogen-bond donors (Lipinski definition) is 0. The lowest BCUT2D eigenvalue weighted by Crippen LogP contribution is -2.24. The highest BCUT2D eigenvalue weighted by molar-refractivity contribution is 6.09. The summed E-state index contributed by atoms with van der Waals surface area (Å²) < 4.78 is 10.8. The molecule has 0 aliphatic heterocycles. The third-order valence-electron chi connectivity index (χ3n) is 9.55. The third-order valence-corrected chi connectivity index (χ3v) is 9.55. The zero-order chi connectivity index (χ0) is 32.2. The maximum Gasteiger partial charge on any atom is 0.339 e. The SMILES string of the molecule is CCCCc1c2c(c(CCCC)c(C(=O)OC)c1C(=O)OC)Cc1c(c(-c3ccccc3)c3ccccc3c1-c1ccccc1)C2. The van der Waals surface area contributed by atoms with Crippen molar-refractivity contribution in [3.8, 4) is 22.3 Å². The number of methoxy groups -OCH3 is 2. The standard InChI is InChI=1S/C42H42O4/c1-5-7-21-31-33-25-35-36(26-34(33)32(22-8-6-2)40(42(44)46-4)39(31)41(43)45-3)38(28-19-13-10-14-20-28)30-24-16-15-23-29(30)37(35)27-17-11-9-12-18-27/h9-20,23-24H,5-8,21-22,25-26H2,1-4H3. The van der Waals surface area contributed by atoms with E-state index in [-0.39, 0.29) is 0 Å². The van der Waals surface area contributed by atoms with Crippen molar-refractivity contribution >= 4 is 22.7 Å². The van der Waals surface area contributed by atoms with Crippen molar-refractivity contribution in [1.82, 2.24) is 0 Å². The van der Waals surface area contributed by atoms with Crippen LogP contribution in [0.3, 0.4) is 0 Å². The van der Waals surface area contributed by atoms with Gasteiger partial charge in [0.1, 0.15) is 0 Å². The molecule has 6 rings (SSSR count). The van der Waals surface area contributed by atoms with Crippen molar-refractivity contribution in [3.63, 3.8) is 0 Å². The second-order valence-electron chi connectivity index (χ2n) is 12.2. The first kappa shape index (κ1) is 31.3. The van der Waals surface area contributed by atoms with Gasteiger partial charge in [-0.05, 0) is 105 Å². The average molecular weight is 611 g/mol. The van der Waals surface area contributed by atoms with E-state index in [1.807, 2.05) is 0 Å². The van der Waals surface area contributed by atoms with Crippen molar-refractivity contribution in [2.24, 2.45) is 0 Å². The minimum atomic E-state index is -0.468. The lowest BCUT2D eigenvalue weighted by Gasteiger charge is -2.33. The number of carbonyl (C=O) groups is 2. The first-order chi connectivity index (χ1) is 22.5. The van der Waals surface area contributed by atoms with Gasteiger partial charge in [-0.25, -0.2) is 9.59 Å². The summed E-state index contributed by atoms with van der Waals surface area (Å²) in [5.41, 5.74) is 12.4. The molecule has 0 spiro atoms. The summed E-state index contributed by atoms with van der Waals surface area (Å²) >= 11 is 0. The van der Waals surface area contributed by atoms with Crippen LogP contribution in [0.25, 0.3) is 33.0 Å². The third kappa shape index (κ3) is 5.51. The summed E-state index contributed by atoms with van der Waals surface area (Å²) in [6.45, 7) is 4.31. The van der Waals surface area contributed by atoms with E-state index in [4.69, 9.17) is 9.47 Å². The number of unbranched alkanes of at least 4 members (excludes halogenated alkanes) is 2. The Balaban J connectivity index is 1.77. The Labute approximate surface area is 272 Å². The first-order valence-corrected chi connectivity index (χ1v) is 16.6. The second kappa shape index (κ2) is 13.7. The number of ether oxygens (including phenoxy) is 2. The van der Waals surface area contributed by atoms with Crippen LogP contribution < -0.4 is 0 Å². The Morgan fingerprint density at radius 1 is 0.543 bits per heavy atom. The van der Waals surface area contributed by atoms with Gasteiger partial charge >= 0.3 is 11.9 Å². The van der Waals surface area contributed by atoms with Gasteiger partial charge in [-0.2, -0.15) is 0 Å². The lowest BCUT2D eigenvalue weighted by molar-refractivity contribution is 0.0552. The zero-order valence-electron chi connectivity index (χ0n) is 27.4. The van der Waals surface area contributed by atoms with Gasteiger partial charge < -0.3 is 9.47 Å². The monoisotopic (exact) mass is 610 g/mol. The molecule has 0 unspecified atom stereocenters. The van der Waals surface area contributed by atoms with Crippen LogP contribution in [-0.4, -0.2) is 26.2 Å². The Hall–Kier alpha value is -4.70. The fraction of sp³-hybridized carbons (Fsp3) is 0.286. The van der Waals surface area contributed by atoms with Crippen LogP contribution in [0.5, 0.6) is 0 Å². The number of benzene rings is 5. The van der Waals surface area contributed by atoms with E-state index in [9.17, 15) is 9.59 Å². The van der Waals surface area contributed by atoms with E-state index >= 15 is 0 Å². The zero-order valence-corrected chi connectivity index (χ0v) is 27.4. The van der Waals surface area contributed by atoms with E-state index in [0.29, 0.717) is 36.8 Å². The van der Waals surface area contributed by atoms with Crippen LogP contribution in [0.15, 0.2) is 84.9 Å². The Kier molecular flexibility index (Phi) is 9.35. The van der Waals surface area contributed by atoms with Gasteiger partial charge in [-0.3, -0.25) is 0 Å². The highest BCUT2D eigenvalue weighted by Crippen LogP contribution is 2.48. The van der Waals surface area contributed by atoms with E-state index in [1.165, 1.54) is 69.5 Å². The topological polar surface area (TPSA) is 52.6 Å². The van der Waals surface area contributed by atoms with Gasteiger partial charge in [-0.15, -0.1) is 0 Å². The normalized spacial score (nSPS) is 12.0. The Morgan fingerprint density at radius 2 is 0.913 bits per heavy atom. The molecule has 0 radical (unpaired) electrons. The van der Waals surface area contributed by atoms with Gasteiger partial charge in [0.05, 0.1) is 25.3 Å². The highest BCUT2D eigenvalue weighted by Gasteiger charge is 2.35. The van der Waals surface area contributed by atoms with Crippen molar-refractivity contribution in [3.05, 3.63) is 129 Å². The van der Waals surface area contributed by atoms with E-state index in [1.54, 1.807) is 0 Å². The largest absolute Gasteiger partial charge is 0.465 e. The molecule has 4 heteroatoms. The smallest absolute Gasteiger partial charge is 0.339 e. The molecule has 0 amide bonds. The lowest BCUT2D eigenvalue weighted by atomic mass is 9.71. The van der Waals surface area contributed by atoms with Crippen LogP contribution in [0.4, 0.5) is 0 Å². The first-order valence-electron chi connectivity index (χ1n) is 16.6. The van der Waals surface area contributed by atoms with Crippen molar-refractivity contribution < 1.29 is 19.1 Å². The van der Waals surface area contributed by atoms with Crippen LogP contribution in [0.2, 0.25) is 0 Å². The summed E-state index contributed by atoms with van der Waals surface area (Å²) in [5, 5.41) is 2.44. The van der Waals surface area contributed by atoms with Gasteiger partial charge in [0.2, 0.25) is 0 Å². The van der Waals surface area contributed by atoms with Gasteiger partial charge in [-0.1, -0.05) is 112 Å². The molecular formula is C42H42O4. The molecule has 0 saturated heterocycles. The predicted molar refractivity (Wildman–Crippen MR) is 187 cm³/mol. The van der Waals surface area contributed by atoms with Crippen LogP contribution in [0, 0.1) is 0 Å². The van der Waals surface area contributed by atoms with Gasteiger partial charge in [0.15, 0.2) is 0 Å². The minimum Gasteiger partial charge on any atom is -0.465 e. The molecule has 0 bridgehead atoms. The van der Waals surface area contributed by atoms with E-state index < -0.39 is 11.9 Å². The van der Waals surface area contributed by atoms with Crippen molar-refractivity contribution in [2.75, 3.05) is 14.2 Å². The molecule has 1 aliphatic carbocycles. The molecule has 4 nitrogen and oxygen atoms in total. The summed E-state index contributed by atoms with van der Waals surface area (Å²) in [5.74, 6) is -0.936. The average Bonchev–Trinajstić information content (AvgIpc) is 3.11. The number of rotatable bonds is 10. The van der Waals surface area contributed by atoms with Gasteiger partial charge in [0, 0.05) is 0 Å². The second-order valence-corrected chi connectivity index (χ2v) is 12.2. The van der Waals surface area contributed by atoms with Gasteiger partial charge in [0.25, 0.3) is 0 Å². The molecule has 0 atom stereocenters. The quantitative estimate of drug-likeness (QED) is 0.145. The summed E-state index contributed by atoms with van der Waals surface area (Å²) in [7, 11) is 2.80. The van der Waals surface area contributed by atoms with Crippen LogP contribution >= 0.6 is 0 Å². The molecule has 0 fully saturated rings. The fourth-order valence-corrected chi connectivity index (χ4v) is 7.47. The molecule has 5 aromatic carbocycles. The van der Waals surface area contributed by atoms with Crippen LogP contribution in [-0.2, 0) is 35.2 Å². The Bertz CT molecular complexity index is 1770. The summed E-state index contributed by atoms with van der Waals surface area (Å²) in [6.07, 6.45) is 6.46. The molecule has 0 N–H and O–H groups in total. The van der Waals surface area contributed by atoms with Crippen molar-refractivity contribution in [1.29, 1.82) is 0 Å². The summed E-state index contributed by atoms with van der Waals surface area (Å²) in [6, 6.07) is 30.1. The number of hydrogen-bond acceptors (Lipinski definition) is 4. The highest BCUT2D eigenvalue weighted by atomic mass is 16.5.